The Kier molecular flexibility index (Phi) is 5.60. The molecule has 5 rings (SSSR count). The third-order valence-electron chi connectivity index (χ3n) is 6.03. The summed E-state index contributed by atoms with van der Waals surface area (Å²) in [6.07, 6.45) is 0.669. The minimum Gasteiger partial charge on any atom is -0.484 e. The number of rotatable bonds is 6. The van der Waals surface area contributed by atoms with E-state index in [2.05, 4.69) is 10.2 Å². The van der Waals surface area contributed by atoms with E-state index in [4.69, 9.17) is 14.9 Å². The monoisotopic (exact) mass is 490 g/mol. The lowest BCUT2D eigenvalue weighted by molar-refractivity contribution is -0.119. The molecule has 4 aromatic rings. The van der Waals surface area contributed by atoms with Crippen LogP contribution >= 0.6 is 11.3 Å². The number of anilines is 1. The van der Waals surface area contributed by atoms with Crippen molar-refractivity contribution in [2.24, 2.45) is 5.73 Å². The molecule has 1 aliphatic heterocycles. The van der Waals surface area contributed by atoms with E-state index >= 15 is 0 Å². The van der Waals surface area contributed by atoms with Crippen molar-refractivity contribution in [2.75, 3.05) is 11.5 Å². The molecule has 0 spiro atoms. The van der Waals surface area contributed by atoms with Gasteiger partial charge in [0.15, 0.2) is 12.0 Å². The summed E-state index contributed by atoms with van der Waals surface area (Å²) in [6, 6.07) is 9.61. The molecular formula is C25H22N4O5S. The number of ether oxygens (including phenoxy) is 1. The Morgan fingerprint density at radius 3 is 2.51 bits per heavy atom. The molecule has 10 heteroatoms. The van der Waals surface area contributed by atoms with Crippen LogP contribution in [-0.2, 0) is 11.2 Å². The van der Waals surface area contributed by atoms with Crippen LogP contribution < -0.4 is 20.8 Å². The standard InChI is InChI=1S/C25H22N4O5S/c1-4-19-27-28-25(35-19)29-21(14-5-7-15(8-6-14)33-11-18(26)30)20-22(31)16-9-12(2)13(3)10-17(16)34-23(20)24(29)32/h5-10,21H,4,11H2,1-3H3,(H2,26,30). The summed E-state index contributed by atoms with van der Waals surface area (Å²) in [7, 11) is 0. The summed E-state index contributed by atoms with van der Waals surface area (Å²) in [5.41, 5.74) is 8.08. The van der Waals surface area contributed by atoms with Crippen LogP contribution in [0, 0.1) is 13.8 Å². The molecule has 0 bridgehead atoms. The first-order valence-electron chi connectivity index (χ1n) is 11.0. The Morgan fingerprint density at radius 2 is 1.86 bits per heavy atom. The second-order valence-electron chi connectivity index (χ2n) is 8.34. The van der Waals surface area contributed by atoms with E-state index in [1.807, 2.05) is 20.8 Å². The zero-order valence-electron chi connectivity index (χ0n) is 19.3. The van der Waals surface area contributed by atoms with Crippen LogP contribution in [0.4, 0.5) is 5.13 Å². The highest BCUT2D eigenvalue weighted by atomic mass is 32.1. The number of hydrogen-bond donors (Lipinski definition) is 1. The van der Waals surface area contributed by atoms with Gasteiger partial charge in [0, 0.05) is 0 Å². The number of nitrogens with two attached hydrogens (primary N) is 1. The maximum Gasteiger partial charge on any atom is 0.297 e. The van der Waals surface area contributed by atoms with Crippen LogP contribution in [0.25, 0.3) is 11.0 Å². The molecule has 1 atom stereocenters. The number of hydrogen-bond acceptors (Lipinski definition) is 8. The van der Waals surface area contributed by atoms with Crippen LogP contribution in [0.15, 0.2) is 45.6 Å². The molecule has 0 fully saturated rings. The van der Waals surface area contributed by atoms with Crippen molar-refractivity contribution in [3.05, 3.63) is 79.6 Å². The number of nitrogens with zero attached hydrogens (tertiary/aromatic N) is 3. The lowest BCUT2D eigenvalue weighted by atomic mass is 9.97. The summed E-state index contributed by atoms with van der Waals surface area (Å²) in [5.74, 6) is -0.605. The predicted octanol–water partition coefficient (Wildman–Crippen LogP) is 3.44. The molecule has 9 nitrogen and oxygen atoms in total. The van der Waals surface area contributed by atoms with E-state index < -0.39 is 17.9 Å². The zero-order chi connectivity index (χ0) is 24.9. The normalized spacial score (nSPS) is 15.0. The number of aryl methyl sites for hydroxylation is 3. The molecule has 1 unspecified atom stereocenters. The average Bonchev–Trinajstić information content (AvgIpc) is 3.42. The van der Waals surface area contributed by atoms with Crippen molar-refractivity contribution in [3.63, 3.8) is 0 Å². The Morgan fingerprint density at radius 1 is 1.14 bits per heavy atom. The van der Waals surface area contributed by atoms with Gasteiger partial charge in [0.05, 0.1) is 17.0 Å². The van der Waals surface area contributed by atoms with Gasteiger partial charge < -0.3 is 14.9 Å². The summed E-state index contributed by atoms with van der Waals surface area (Å²) >= 11 is 1.30. The van der Waals surface area contributed by atoms with E-state index in [1.165, 1.54) is 16.2 Å². The predicted molar refractivity (Wildman–Crippen MR) is 131 cm³/mol. The van der Waals surface area contributed by atoms with Gasteiger partial charge in [-0.2, -0.15) is 0 Å². The van der Waals surface area contributed by atoms with Crippen molar-refractivity contribution < 1.29 is 18.7 Å². The fourth-order valence-electron chi connectivity index (χ4n) is 4.13. The molecule has 2 N–H and O–H groups in total. The van der Waals surface area contributed by atoms with Crippen LogP contribution in [0.5, 0.6) is 5.75 Å². The fourth-order valence-corrected chi connectivity index (χ4v) is 4.93. The molecule has 0 aliphatic carbocycles. The van der Waals surface area contributed by atoms with Gasteiger partial charge in [-0.25, -0.2) is 0 Å². The molecule has 178 valence electrons. The first-order chi connectivity index (χ1) is 16.8. The van der Waals surface area contributed by atoms with E-state index in [0.717, 1.165) is 16.1 Å². The number of carbonyl (C=O) groups excluding carboxylic acids is 2. The smallest absolute Gasteiger partial charge is 0.297 e. The number of benzene rings is 2. The lowest BCUT2D eigenvalue weighted by Crippen LogP contribution is -2.29. The third kappa shape index (κ3) is 3.85. The van der Waals surface area contributed by atoms with Crippen molar-refractivity contribution in [3.8, 4) is 5.75 Å². The number of aromatic nitrogens is 2. The van der Waals surface area contributed by atoms with Gasteiger partial charge in [-0.3, -0.25) is 19.3 Å². The van der Waals surface area contributed by atoms with Crippen molar-refractivity contribution in [1.29, 1.82) is 0 Å². The minimum atomic E-state index is -0.761. The van der Waals surface area contributed by atoms with Gasteiger partial charge in [0.2, 0.25) is 10.9 Å². The third-order valence-corrected chi connectivity index (χ3v) is 7.10. The highest BCUT2D eigenvalue weighted by Gasteiger charge is 2.45. The first kappa shape index (κ1) is 22.7. The zero-order valence-corrected chi connectivity index (χ0v) is 20.1. The molecule has 2 amide bonds. The Labute approximate surface area is 204 Å². The number of primary amides is 1. The molecule has 2 aromatic heterocycles. The molecule has 3 heterocycles. The van der Waals surface area contributed by atoms with E-state index in [-0.39, 0.29) is 23.4 Å². The second-order valence-corrected chi connectivity index (χ2v) is 9.38. The Hall–Kier alpha value is -4.05. The quantitative estimate of drug-likeness (QED) is 0.438. The van der Waals surface area contributed by atoms with E-state index in [0.29, 0.717) is 33.8 Å². The number of amides is 2. The molecular weight excluding hydrogens is 468 g/mol. The molecule has 0 saturated carbocycles. The fraction of sp³-hybridized carbons (Fsp3) is 0.240. The SMILES string of the molecule is CCc1nnc(N2C(=O)c3oc4cc(C)c(C)cc4c(=O)c3C2c2ccc(OCC(N)=O)cc2)s1. The van der Waals surface area contributed by atoms with Gasteiger partial charge in [0.25, 0.3) is 11.8 Å². The lowest BCUT2D eigenvalue weighted by Gasteiger charge is -2.22. The minimum absolute atomic E-state index is 0.00180. The highest BCUT2D eigenvalue weighted by Crippen LogP contribution is 2.42. The topological polar surface area (TPSA) is 129 Å². The number of carbonyl (C=O) groups is 2. The first-order valence-corrected chi connectivity index (χ1v) is 11.8. The van der Waals surface area contributed by atoms with Crippen LogP contribution in [0.3, 0.4) is 0 Å². The molecule has 35 heavy (non-hydrogen) atoms. The van der Waals surface area contributed by atoms with Crippen LogP contribution in [0.1, 0.15) is 50.8 Å². The largest absolute Gasteiger partial charge is 0.484 e. The van der Waals surface area contributed by atoms with Gasteiger partial charge in [-0.1, -0.05) is 30.4 Å². The Balaban J connectivity index is 1.70. The summed E-state index contributed by atoms with van der Waals surface area (Å²) in [4.78, 5) is 39.9. The Bertz CT molecular complexity index is 1540. The number of fused-ring (bicyclic) bond motifs is 2. The molecule has 2 aromatic carbocycles. The summed E-state index contributed by atoms with van der Waals surface area (Å²) in [6.45, 7) is 5.55. The van der Waals surface area contributed by atoms with Gasteiger partial charge >= 0.3 is 0 Å². The molecule has 0 radical (unpaired) electrons. The molecule has 0 saturated heterocycles. The summed E-state index contributed by atoms with van der Waals surface area (Å²) < 4.78 is 11.4. The highest BCUT2D eigenvalue weighted by molar-refractivity contribution is 7.15. The molecule has 1 aliphatic rings. The second kappa shape index (κ2) is 8.62. The van der Waals surface area contributed by atoms with Crippen molar-refractivity contribution in [2.45, 2.75) is 33.2 Å². The van der Waals surface area contributed by atoms with Crippen LogP contribution in [0.2, 0.25) is 0 Å². The van der Waals surface area contributed by atoms with Crippen LogP contribution in [-0.4, -0.2) is 28.6 Å². The van der Waals surface area contributed by atoms with Crippen molar-refractivity contribution >= 4 is 39.3 Å². The van der Waals surface area contributed by atoms with Crippen molar-refractivity contribution in [1.82, 2.24) is 10.2 Å². The van der Waals surface area contributed by atoms with Gasteiger partial charge in [0.1, 0.15) is 16.3 Å². The maximum atomic E-state index is 13.7. The van der Waals surface area contributed by atoms with E-state index in [9.17, 15) is 14.4 Å². The maximum absolute atomic E-state index is 13.7. The average molecular weight is 491 g/mol. The van der Waals surface area contributed by atoms with Gasteiger partial charge in [-0.15, -0.1) is 10.2 Å². The van der Waals surface area contributed by atoms with Gasteiger partial charge in [-0.05, 0) is 61.2 Å². The van der Waals surface area contributed by atoms with E-state index in [1.54, 1.807) is 36.4 Å². The summed E-state index contributed by atoms with van der Waals surface area (Å²) in [5, 5.41) is 9.96.